The molecule has 6 nitrogen and oxygen atoms in total. The lowest BCUT2D eigenvalue weighted by atomic mass is 9.90. The number of pyridine rings is 1. The average Bonchev–Trinajstić information content (AvgIpc) is 3.11. The Bertz CT molecular complexity index is 712. The number of nitrogens with zero attached hydrogens (tertiary/aromatic N) is 3. The van der Waals surface area contributed by atoms with Crippen LogP contribution in [0.5, 0.6) is 0 Å². The van der Waals surface area contributed by atoms with Crippen molar-refractivity contribution >= 4 is 15.8 Å². The highest BCUT2D eigenvalue weighted by molar-refractivity contribution is 7.89. The van der Waals surface area contributed by atoms with Gasteiger partial charge in [0.2, 0.25) is 10.0 Å². The second-order valence-corrected chi connectivity index (χ2v) is 7.89. The van der Waals surface area contributed by atoms with Gasteiger partial charge in [-0.05, 0) is 25.0 Å². The van der Waals surface area contributed by atoms with Crippen molar-refractivity contribution in [2.75, 3.05) is 13.1 Å². The zero-order chi connectivity index (χ0) is 17.7. The number of nitriles is 1. The van der Waals surface area contributed by atoms with Crippen LogP contribution in [0.1, 0.15) is 51.1 Å². The molecule has 1 aliphatic carbocycles. The molecule has 1 aromatic rings. The second kappa shape index (κ2) is 7.86. The number of carbonyl (C=O) groups excluding carboxylic acids is 1. The van der Waals surface area contributed by atoms with Crippen LogP contribution in [0.3, 0.4) is 0 Å². The molecule has 1 heterocycles. The molecule has 1 unspecified atom stereocenters. The van der Waals surface area contributed by atoms with Gasteiger partial charge in [-0.3, -0.25) is 9.78 Å². The summed E-state index contributed by atoms with van der Waals surface area (Å²) >= 11 is 0. The van der Waals surface area contributed by atoms with Gasteiger partial charge in [0.1, 0.15) is 10.8 Å². The molecule has 7 heteroatoms. The van der Waals surface area contributed by atoms with Gasteiger partial charge in [-0.25, -0.2) is 8.42 Å². The van der Waals surface area contributed by atoms with Crippen LogP contribution in [0.2, 0.25) is 0 Å². The lowest BCUT2D eigenvalue weighted by Gasteiger charge is -2.18. The summed E-state index contributed by atoms with van der Waals surface area (Å²) < 4.78 is 26.2. The van der Waals surface area contributed by atoms with Crippen molar-refractivity contribution in [2.45, 2.75) is 50.3 Å². The average molecular weight is 349 g/mol. The highest BCUT2D eigenvalue weighted by Gasteiger charge is 2.31. The highest BCUT2D eigenvalue weighted by atomic mass is 32.2. The van der Waals surface area contributed by atoms with Crippen molar-refractivity contribution in [3.05, 3.63) is 24.0 Å². The molecule has 24 heavy (non-hydrogen) atoms. The molecular formula is C17H23N3O3S. The van der Waals surface area contributed by atoms with Crippen molar-refractivity contribution in [3.8, 4) is 6.07 Å². The number of sulfonamides is 1. The minimum atomic E-state index is -3.58. The van der Waals surface area contributed by atoms with Gasteiger partial charge in [0.25, 0.3) is 0 Å². The lowest BCUT2D eigenvalue weighted by Crippen LogP contribution is -2.30. The zero-order valence-corrected chi connectivity index (χ0v) is 14.9. The molecule has 1 aliphatic rings. The van der Waals surface area contributed by atoms with Crippen LogP contribution in [0, 0.1) is 17.2 Å². The Balaban J connectivity index is 2.24. The maximum atomic E-state index is 12.5. The number of carbonyl (C=O) groups is 1. The summed E-state index contributed by atoms with van der Waals surface area (Å²) in [5.74, 6) is -1.09. The van der Waals surface area contributed by atoms with E-state index in [2.05, 4.69) is 4.98 Å². The van der Waals surface area contributed by atoms with Gasteiger partial charge < -0.3 is 0 Å². The molecule has 1 saturated carbocycles. The summed E-state index contributed by atoms with van der Waals surface area (Å²) in [5.41, 5.74) is 0.327. The number of hydrogen-bond acceptors (Lipinski definition) is 5. The van der Waals surface area contributed by atoms with E-state index in [1.807, 2.05) is 6.07 Å². The van der Waals surface area contributed by atoms with Crippen molar-refractivity contribution in [1.82, 2.24) is 9.29 Å². The molecule has 1 atom stereocenters. The molecular weight excluding hydrogens is 326 g/mol. The van der Waals surface area contributed by atoms with Gasteiger partial charge in [-0.1, -0.05) is 26.7 Å². The fourth-order valence-electron chi connectivity index (χ4n) is 3.15. The SMILES string of the molecule is CCN(CC)S(=O)(=O)c1ccc(C(C#N)C(=O)C2CCCC2)nc1. The first-order valence-corrected chi connectivity index (χ1v) is 9.79. The van der Waals surface area contributed by atoms with Crippen molar-refractivity contribution < 1.29 is 13.2 Å². The third-order valence-corrected chi connectivity index (χ3v) is 6.60. The van der Waals surface area contributed by atoms with Gasteiger partial charge in [-0.15, -0.1) is 0 Å². The molecule has 1 fully saturated rings. The third kappa shape index (κ3) is 3.65. The van der Waals surface area contributed by atoms with Crippen LogP contribution in [-0.4, -0.2) is 36.6 Å². The molecule has 0 spiro atoms. The van der Waals surface area contributed by atoms with Gasteiger partial charge in [0.15, 0.2) is 5.78 Å². The van der Waals surface area contributed by atoms with Crippen LogP contribution in [0.25, 0.3) is 0 Å². The van der Waals surface area contributed by atoms with Gasteiger partial charge in [0, 0.05) is 25.2 Å². The van der Waals surface area contributed by atoms with E-state index in [0.717, 1.165) is 25.7 Å². The van der Waals surface area contributed by atoms with Crippen LogP contribution >= 0.6 is 0 Å². The normalized spacial score (nSPS) is 16.9. The smallest absolute Gasteiger partial charge is 0.244 e. The Labute approximate surface area is 143 Å². The monoisotopic (exact) mass is 349 g/mol. The Kier molecular flexibility index (Phi) is 6.08. The fourth-order valence-corrected chi connectivity index (χ4v) is 4.55. The maximum absolute atomic E-state index is 12.5. The van der Waals surface area contributed by atoms with E-state index in [4.69, 9.17) is 0 Å². The minimum absolute atomic E-state index is 0.0736. The van der Waals surface area contributed by atoms with E-state index in [9.17, 15) is 18.5 Å². The van der Waals surface area contributed by atoms with Gasteiger partial charge >= 0.3 is 0 Å². The zero-order valence-electron chi connectivity index (χ0n) is 14.1. The van der Waals surface area contributed by atoms with Crippen molar-refractivity contribution in [1.29, 1.82) is 5.26 Å². The summed E-state index contributed by atoms with van der Waals surface area (Å²) in [7, 11) is -3.58. The molecule has 0 bridgehead atoms. The first-order valence-electron chi connectivity index (χ1n) is 8.35. The molecule has 0 aromatic carbocycles. The molecule has 0 saturated heterocycles. The van der Waals surface area contributed by atoms with E-state index in [1.54, 1.807) is 13.8 Å². The summed E-state index contributed by atoms with van der Waals surface area (Å²) in [6.07, 6.45) is 4.93. The Morgan fingerprint density at radius 2 is 1.96 bits per heavy atom. The standard InChI is InChI=1S/C17H23N3O3S/c1-3-20(4-2)24(22,23)14-9-10-16(19-12-14)15(11-18)17(21)13-7-5-6-8-13/h9-10,12-13,15H,3-8H2,1-2H3. The summed E-state index contributed by atoms with van der Waals surface area (Å²) in [5, 5.41) is 9.37. The minimum Gasteiger partial charge on any atom is -0.297 e. The molecule has 130 valence electrons. The molecule has 0 radical (unpaired) electrons. The Hall–Kier alpha value is -1.78. The Morgan fingerprint density at radius 3 is 2.42 bits per heavy atom. The Morgan fingerprint density at radius 1 is 1.33 bits per heavy atom. The fraction of sp³-hybridized carbons (Fsp3) is 0.588. The van der Waals surface area contributed by atoms with Gasteiger partial charge in [-0.2, -0.15) is 9.57 Å². The number of aromatic nitrogens is 1. The largest absolute Gasteiger partial charge is 0.297 e. The number of rotatable bonds is 7. The third-order valence-electron chi connectivity index (χ3n) is 4.57. The summed E-state index contributed by atoms with van der Waals surface area (Å²) in [4.78, 5) is 16.7. The van der Waals surface area contributed by atoms with Crippen LogP contribution in [0.4, 0.5) is 0 Å². The number of hydrogen-bond donors (Lipinski definition) is 0. The van der Waals surface area contributed by atoms with E-state index in [-0.39, 0.29) is 16.6 Å². The molecule has 0 aliphatic heterocycles. The first kappa shape index (κ1) is 18.6. The lowest BCUT2D eigenvalue weighted by molar-refractivity contribution is -0.123. The maximum Gasteiger partial charge on any atom is 0.244 e. The predicted molar refractivity (Wildman–Crippen MR) is 89.7 cm³/mol. The first-order chi connectivity index (χ1) is 11.5. The summed E-state index contributed by atoms with van der Waals surface area (Å²) in [6, 6.07) is 4.94. The predicted octanol–water partition coefficient (Wildman–Crippen LogP) is 2.48. The van der Waals surface area contributed by atoms with Crippen LogP contribution in [-0.2, 0) is 14.8 Å². The van der Waals surface area contributed by atoms with E-state index in [1.165, 1.54) is 22.6 Å². The molecule has 1 aromatic heterocycles. The quantitative estimate of drug-likeness (QED) is 0.754. The van der Waals surface area contributed by atoms with Gasteiger partial charge in [0.05, 0.1) is 11.8 Å². The van der Waals surface area contributed by atoms with Crippen molar-refractivity contribution in [2.24, 2.45) is 5.92 Å². The number of ketones is 1. The highest BCUT2D eigenvalue weighted by Crippen LogP contribution is 2.30. The van der Waals surface area contributed by atoms with E-state index >= 15 is 0 Å². The van der Waals surface area contributed by atoms with Crippen LogP contribution < -0.4 is 0 Å². The molecule has 0 N–H and O–H groups in total. The summed E-state index contributed by atoms with van der Waals surface area (Å²) in [6.45, 7) is 4.30. The van der Waals surface area contributed by atoms with E-state index in [0.29, 0.717) is 18.8 Å². The number of Topliss-reactive ketones (excluding diaryl/α,β-unsaturated/α-hetero) is 1. The molecule has 2 rings (SSSR count). The molecule has 0 amide bonds. The topological polar surface area (TPSA) is 91.1 Å². The van der Waals surface area contributed by atoms with E-state index < -0.39 is 15.9 Å². The van der Waals surface area contributed by atoms with Crippen LogP contribution in [0.15, 0.2) is 23.2 Å². The van der Waals surface area contributed by atoms with Crippen molar-refractivity contribution in [3.63, 3.8) is 0 Å². The second-order valence-electron chi connectivity index (χ2n) is 5.95.